The number of benzene rings is 2. The molecule has 1 aromatic heterocycles. The maximum Gasteiger partial charge on any atom is 0.407 e. The quantitative estimate of drug-likeness (QED) is 0.353. The number of hydrogen-bond donors (Lipinski definition) is 3. The van der Waals surface area contributed by atoms with Crippen LogP contribution in [0.25, 0.3) is 22.0 Å². The summed E-state index contributed by atoms with van der Waals surface area (Å²) in [6, 6.07) is 9.44. The third kappa shape index (κ3) is 5.50. The van der Waals surface area contributed by atoms with Gasteiger partial charge in [-0.05, 0) is 56.0 Å². The molecular formula is C30H36N4O5S. The smallest absolute Gasteiger partial charge is 0.407 e. The van der Waals surface area contributed by atoms with Crippen LogP contribution < -0.4 is 5.32 Å². The van der Waals surface area contributed by atoms with Gasteiger partial charge in [0.15, 0.2) is 0 Å². The molecule has 1 aliphatic carbocycles. The molecule has 1 saturated heterocycles. The zero-order chi connectivity index (χ0) is 28.4. The molecule has 0 bridgehead atoms. The van der Waals surface area contributed by atoms with Gasteiger partial charge < -0.3 is 20.4 Å². The molecule has 1 saturated carbocycles. The molecule has 2 heterocycles. The molecule has 3 atom stereocenters. The minimum atomic E-state index is -1.19. The molecular weight excluding hydrogens is 528 g/mol. The van der Waals surface area contributed by atoms with Crippen molar-refractivity contribution < 1.29 is 24.6 Å². The van der Waals surface area contributed by atoms with E-state index in [0.717, 1.165) is 76.9 Å². The van der Waals surface area contributed by atoms with Gasteiger partial charge in [0.25, 0.3) is 0 Å². The van der Waals surface area contributed by atoms with Crippen molar-refractivity contribution in [3.05, 3.63) is 46.8 Å². The summed E-state index contributed by atoms with van der Waals surface area (Å²) in [5.74, 6) is -0.328. The first-order valence-corrected chi connectivity index (χ1v) is 14.9. The molecule has 1 aliphatic heterocycles. The third-order valence-corrected chi connectivity index (χ3v) is 9.41. The second kappa shape index (κ2) is 11.8. The van der Waals surface area contributed by atoms with Gasteiger partial charge in [-0.25, -0.2) is 9.78 Å². The average Bonchev–Trinajstić information content (AvgIpc) is 3.65. The van der Waals surface area contributed by atoms with Gasteiger partial charge in [-0.1, -0.05) is 43.5 Å². The number of nitrogens with one attached hydrogen (secondary N) is 1. The van der Waals surface area contributed by atoms with E-state index >= 15 is 0 Å². The summed E-state index contributed by atoms with van der Waals surface area (Å²) in [5, 5.41) is 27.1. The second-order valence-electron chi connectivity index (χ2n) is 10.9. The number of rotatable bonds is 7. The van der Waals surface area contributed by atoms with Crippen LogP contribution in [0.2, 0.25) is 0 Å². The van der Waals surface area contributed by atoms with Crippen LogP contribution in [0, 0.1) is 5.92 Å². The highest BCUT2D eigenvalue weighted by Gasteiger charge is 2.40. The van der Waals surface area contributed by atoms with Gasteiger partial charge in [-0.15, -0.1) is 11.3 Å². The maximum atomic E-state index is 14.1. The largest absolute Gasteiger partial charge is 0.507 e. The molecule has 2 fully saturated rings. The van der Waals surface area contributed by atoms with Crippen molar-refractivity contribution in [1.29, 1.82) is 0 Å². The molecule has 212 valence electrons. The highest BCUT2D eigenvalue weighted by molar-refractivity contribution is 7.10. The van der Waals surface area contributed by atoms with Crippen LogP contribution in [0.15, 0.2) is 41.8 Å². The maximum absolute atomic E-state index is 14.1. The van der Waals surface area contributed by atoms with Crippen molar-refractivity contribution in [3.8, 4) is 17.0 Å². The van der Waals surface area contributed by atoms with Crippen molar-refractivity contribution in [3.63, 3.8) is 0 Å². The van der Waals surface area contributed by atoms with Crippen LogP contribution in [0.5, 0.6) is 5.75 Å². The number of aromatic nitrogens is 1. The van der Waals surface area contributed by atoms with E-state index in [1.807, 2.05) is 40.6 Å². The van der Waals surface area contributed by atoms with Crippen molar-refractivity contribution in [2.45, 2.75) is 70.0 Å². The van der Waals surface area contributed by atoms with E-state index in [1.54, 1.807) is 6.07 Å². The number of carboxylic acid groups (broad SMARTS) is 1. The number of likely N-dealkylation sites (tertiary alicyclic amines) is 1. The number of carbonyl (C=O) groups is 3. The van der Waals surface area contributed by atoms with Gasteiger partial charge >= 0.3 is 6.09 Å². The van der Waals surface area contributed by atoms with E-state index in [0.29, 0.717) is 6.54 Å². The van der Waals surface area contributed by atoms with Gasteiger partial charge in [0.05, 0.1) is 11.7 Å². The number of fused-ring (bicyclic) bond motifs is 1. The van der Waals surface area contributed by atoms with E-state index in [1.165, 1.54) is 25.3 Å². The first kappa shape index (κ1) is 27.9. The lowest BCUT2D eigenvalue weighted by molar-refractivity contribution is -0.140. The standard InChI is InChI=1S/C30H36N4O5S/c1-18(33(2)30(38)39)27(36)32-26(19-9-4-3-5-10-19)29(37)34-16-8-13-24(34)28-31-23(17-40-28)21-14-15-25(35)22-12-7-6-11-20(21)22/h6-7,11-12,14-15,17-19,24,26,35H,3-5,8-10,13,16H2,1-2H3,(H,32,36)(H,38,39)/t18?,24?,26-/m0/s1. The number of thiazole rings is 1. The Morgan fingerprint density at radius 3 is 2.50 bits per heavy atom. The van der Waals surface area contributed by atoms with Crippen LogP contribution in [0.1, 0.15) is 62.9 Å². The summed E-state index contributed by atoms with van der Waals surface area (Å²) in [5.41, 5.74) is 1.73. The van der Waals surface area contributed by atoms with Crippen LogP contribution in [0.4, 0.5) is 4.79 Å². The normalized spacial score (nSPS) is 19.4. The fourth-order valence-electron chi connectivity index (χ4n) is 6.00. The molecule has 2 unspecified atom stereocenters. The lowest BCUT2D eigenvalue weighted by atomic mass is 9.83. The number of phenols is 1. The molecule has 0 spiro atoms. The summed E-state index contributed by atoms with van der Waals surface area (Å²) in [6.45, 7) is 2.12. The first-order valence-electron chi connectivity index (χ1n) is 14.0. The Hall–Kier alpha value is -3.66. The molecule has 5 rings (SSSR count). The molecule has 2 aromatic carbocycles. The molecule has 3 amide bonds. The number of nitrogens with zero attached hydrogens (tertiary/aromatic N) is 3. The van der Waals surface area contributed by atoms with E-state index < -0.39 is 24.1 Å². The van der Waals surface area contributed by atoms with Gasteiger partial charge in [0, 0.05) is 29.9 Å². The van der Waals surface area contributed by atoms with E-state index in [-0.39, 0.29) is 23.6 Å². The highest BCUT2D eigenvalue weighted by atomic mass is 32.1. The molecule has 3 N–H and O–H groups in total. The fourth-order valence-corrected chi connectivity index (χ4v) is 6.97. The zero-order valence-electron chi connectivity index (χ0n) is 22.9. The summed E-state index contributed by atoms with van der Waals surface area (Å²) in [7, 11) is 1.36. The van der Waals surface area contributed by atoms with Crippen molar-refractivity contribution in [2.75, 3.05) is 13.6 Å². The minimum Gasteiger partial charge on any atom is -0.507 e. The second-order valence-corrected chi connectivity index (χ2v) is 11.8. The Labute approximate surface area is 237 Å². The lowest BCUT2D eigenvalue weighted by Crippen LogP contribution is -2.56. The van der Waals surface area contributed by atoms with Gasteiger partial charge in [0.2, 0.25) is 11.8 Å². The van der Waals surface area contributed by atoms with Crippen LogP contribution >= 0.6 is 11.3 Å². The van der Waals surface area contributed by atoms with Crippen molar-refractivity contribution in [1.82, 2.24) is 20.1 Å². The fraction of sp³-hybridized carbons (Fsp3) is 0.467. The third-order valence-electron chi connectivity index (χ3n) is 8.47. The Bertz CT molecular complexity index is 1400. The summed E-state index contributed by atoms with van der Waals surface area (Å²) >= 11 is 1.52. The highest BCUT2D eigenvalue weighted by Crippen LogP contribution is 2.39. The molecule has 40 heavy (non-hydrogen) atoms. The zero-order valence-corrected chi connectivity index (χ0v) is 23.7. The van der Waals surface area contributed by atoms with E-state index in [4.69, 9.17) is 4.98 Å². The van der Waals surface area contributed by atoms with Crippen LogP contribution in [-0.2, 0) is 9.59 Å². The van der Waals surface area contributed by atoms with Crippen molar-refractivity contribution >= 4 is 40.0 Å². The van der Waals surface area contributed by atoms with Gasteiger partial charge in [-0.3, -0.25) is 14.5 Å². The molecule has 10 heteroatoms. The Kier molecular flexibility index (Phi) is 8.25. The summed E-state index contributed by atoms with van der Waals surface area (Å²) < 4.78 is 0. The monoisotopic (exact) mass is 564 g/mol. The van der Waals surface area contributed by atoms with Crippen molar-refractivity contribution in [2.24, 2.45) is 5.92 Å². The number of amides is 3. The molecule has 3 aromatic rings. The Balaban J connectivity index is 1.40. The topological polar surface area (TPSA) is 123 Å². The van der Waals surface area contributed by atoms with E-state index in [9.17, 15) is 24.6 Å². The number of aromatic hydroxyl groups is 1. The summed E-state index contributed by atoms with van der Waals surface area (Å²) in [4.78, 5) is 46.4. The summed E-state index contributed by atoms with van der Waals surface area (Å²) in [6.07, 6.45) is 5.29. The first-order chi connectivity index (χ1) is 19.3. The van der Waals surface area contributed by atoms with Crippen LogP contribution in [-0.4, -0.2) is 68.6 Å². The molecule has 0 radical (unpaired) electrons. The number of phenolic OH excluding ortho intramolecular Hbond substituents is 1. The number of carbonyl (C=O) groups excluding carboxylic acids is 2. The number of hydrogen-bond acceptors (Lipinski definition) is 6. The van der Waals surface area contributed by atoms with Gasteiger partial charge in [-0.2, -0.15) is 0 Å². The average molecular weight is 565 g/mol. The minimum absolute atomic E-state index is 0.0176. The Morgan fingerprint density at radius 2 is 1.77 bits per heavy atom. The number of likely N-dealkylation sites (N-methyl/N-ethyl adjacent to an activating group) is 1. The molecule has 9 nitrogen and oxygen atoms in total. The SMILES string of the molecule is CC(C(=O)N[C@H](C(=O)N1CCCC1c1nc(-c2ccc(O)c3ccccc23)cs1)C1CCCCC1)N(C)C(=O)O. The predicted molar refractivity (Wildman–Crippen MR) is 154 cm³/mol. The van der Waals surface area contributed by atoms with Gasteiger partial charge in [0.1, 0.15) is 22.8 Å². The predicted octanol–water partition coefficient (Wildman–Crippen LogP) is 5.40. The van der Waals surface area contributed by atoms with Crippen LogP contribution in [0.3, 0.4) is 0 Å². The Morgan fingerprint density at radius 1 is 1.05 bits per heavy atom. The molecule has 2 aliphatic rings. The lowest BCUT2D eigenvalue weighted by Gasteiger charge is -2.35. The van der Waals surface area contributed by atoms with E-state index in [2.05, 4.69) is 5.32 Å².